The van der Waals surface area contributed by atoms with Gasteiger partial charge in [0.15, 0.2) is 0 Å². The van der Waals surface area contributed by atoms with Gasteiger partial charge in [-0.1, -0.05) is 17.7 Å². The lowest BCUT2D eigenvalue weighted by molar-refractivity contribution is 0.417. The summed E-state index contributed by atoms with van der Waals surface area (Å²) in [4.78, 5) is 3.71. The molecule has 0 unspecified atom stereocenters. The van der Waals surface area contributed by atoms with Gasteiger partial charge in [0, 0.05) is 10.7 Å². The molecule has 0 saturated carbocycles. The number of ether oxygens (including phenoxy) is 1. The molecule has 0 aliphatic carbocycles. The van der Waals surface area contributed by atoms with Crippen molar-refractivity contribution in [1.29, 1.82) is 0 Å². The van der Waals surface area contributed by atoms with E-state index in [-0.39, 0.29) is 10.0 Å². The molecule has 1 heterocycles. The predicted octanol–water partition coefficient (Wildman–Crippen LogP) is 3.62. The number of aryl methyl sites for hydroxylation is 1. The summed E-state index contributed by atoms with van der Waals surface area (Å²) in [5.74, 6) is 0.420. The molecule has 5 nitrogen and oxygen atoms in total. The fourth-order valence-electron chi connectivity index (χ4n) is 1.69. The van der Waals surface area contributed by atoms with E-state index in [4.69, 9.17) is 16.3 Å². The number of anilines is 1. The van der Waals surface area contributed by atoms with Crippen molar-refractivity contribution in [3.63, 3.8) is 0 Å². The average Bonchev–Trinajstić information content (AvgIpc) is 2.41. The molecular formula is C13H12BrClN2O3S. The van der Waals surface area contributed by atoms with Crippen molar-refractivity contribution in [2.24, 2.45) is 0 Å². The van der Waals surface area contributed by atoms with Crippen molar-refractivity contribution >= 4 is 43.2 Å². The molecule has 0 radical (unpaired) electrons. The summed E-state index contributed by atoms with van der Waals surface area (Å²) >= 11 is 9.05. The first-order valence-corrected chi connectivity index (χ1v) is 8.47. The number of methoxy groups -OCH3 is 1. The number of aromatic nitrogens is 1. The number of benzene rings is 1. The Morgan fingerprint density at radius 1 is 1.33 bits per heavy atom. The van der Waals surface area contributed by atoms with Crippen LogP contribution in [0.15, 0.2) is 39.8 Å². The van der Waals surface area contributed by atoms with Crippen LogP contribution in [0.25, 0.3) is 0 Å². The molecule has 0 spiro atoms. The van der Waals surface area contributed by atoms with Crippen LogP contribution in [0.1, 0.15) is 5.56 Å². The Balaban J connectivity index is 2.47. The predicted molar refractivity (Wildman–Crippen MR) is 85.5 cm³/mol. The summed E-state index contributed by atoms with van der Waals surface area (Å²) in [5.41, 5.74) is 1.24. The van der Waals surface area contributed by atoms with Crippen LogP contribution in [-0.4, -0.2) is 20.5 Å². The van der Waals surface area contributed by atoms with Gasteiger partial charge in [-0.25, -0.2) is 13.4 Å². The maximum atomic E-state index is 12.4. The van der Waals surface area contributed by atoms with Gasteiger partial charge in [0.1, 0.15) is 15.8 Å². The van der Waals surface area contributed by atoms with E-state index < -0.39 is 10.0 Å². The molecule has 0 atom stereocenters. The Morgan fingerprint density at radius 2 is 2.05 bits per heavy atom. The highest BCUT2D eigenvalue weighted by Crippen LogP contribution is 2.30. The van der Waals surface area contributed by atoms with E-state index in [1.54, 1.807) is 12.1 Å². The molecule has 112 valence electrons. The Morgan fingerprint density at radius 3 is 2.71 bits per heavy atom. The molecule has 0 fully saturated rings. The second-order valence-electron chi connectivity index (χ2n) is 4.25. The third-order valence-corrected chi connectivity index (χ3v) is 4.89. The SMILES string of the molecule is COc1ccc(C)cc1NS(=O)(=O)c1cc(Br)cnc1Cl. The second-order valence-corrected chi connectivity index (χ2v) is 7.18. The highest BCUT2D eigenvalue weighted by Gasteiger charge is 2.21. The lowest BCUT2D eigenvalue weighted by Gasteiger charge is -2.13. The normalized spacial score (nSPS) is 11.2. The number of pyridine rings is 1. The zero-order valence-corrected chi connectivity index (χ0v) is 14.4. The molecule has 2 rings (SSSR count). The fraction of sp³-hybridized carbons (Fsp3) is 0.154. The monoisotopic (exact) mass is 390 g/mol. The maximum absolute atomic E-state index is 12.4. The van der Waals surface area contributed by atoms with Crippen LogP contribution in [0.4, 0.5) is 5.69 Å². The first-order valence-electron chi connectivity index (χ1n) is 5.82. The minimum Gasteiger partial charge on any atom is -0.495 e. The Labute approximate surface area is 136 Å². The van der Waals surface area contributed by atoms with Crippen molar-refractivity contribution in [2.75, 3.05) is 11.8 Å². The van der Waals surface area contributed by atoms with Crippen molar-refractivity contribution in [3.05, 3.63) is 45.7 Å². The lowest BCUT2D eigenvalue weighted by atomic mass is 10.2. The molecule has 1 N–H and O–H groups in total. The number of sulfonamides is 1. The van der Waals surface area contributed by atoms with Gasteiger partial charge < -0.3 is 4.74 Å². The summed E-state index contributed by atoms with van der Waals surface area (Å²) in [5, 5.41) is -0.0997. The Hall–Kier alpha value is -1.31. The minimum absolute atomic E-state index is 0.0997. The van der Waals surface area contributed by atoms with E-state index in [2.05, 4.69) is 25.6 Å². The van der Waals surface area contributed by atoms with E-state index in [0.717, 1.165) is 5.56 Å². The summed E-state index contributed by atoms with van der Waals surface area (Å²) in [6.07, 6.45) is 1.43. The molecule has 0 aliphatic heterocycles. The topological polar surface area (TPSA) is 68.3 Å². The van der Waals surface area contributed by atoms with Crippen LogP contribution in [0, 0.1) is 6.92 Å². The van der Waals surface area contributed by atoms with Crippen LogP contribution >= 0.6 is 27.5 Å². The van der Waals surface area contributed by atoms with E-state index >= 15 is 0 Å². The van der Waals surface area contributed by atoms with Gasteiger partial charge in [-0.05, 0) is 46.6 Å². The van der Waals surface area contributed by atoms with E-state index in [0.29, 0.717) is 15.9 Å². The van der Waals surface area contributed by atoms with Gasteiger partial charge in [-0.15, -0.1) is 0 Å². The van der Waals surface area contributed by atoms with Gasteiger partial charge in [0.05, 0.1) is 12.8 Å². The molecule has 2 aromatic rings. The number of rotatable bonds is 4. The molecule has 0 bridgehead atoms. The Bertz CT molecular complexity index is 781. The Kier molecular flexibility index (Phi) is 4.75. The molecule has 1 aromatic heterocycles. The number of nitrogens with zero attached hydrogens (tertiary/aromatic N) is 1. The smallest absolute Gasteiger partial charge is 0.265 e. The third kappa shape index (κ3) is 3.66. The van der Waals surface area contributed by atoms with Crippen LogP contribution in [0.3, 0.4) is 0 Å². The second kappa shape index (κ2) is 6.21. The number of nitrogens with one attached hydrogen (secondary N) is 1. The first kappa shape index (κ1) is 16.1. The van der Waals surface area contributed by atoms with Gasteiger partial charge in [0.2, 0.25) is 0 Å². The van der Waals surface area contributed by atoms with Gasteiger partial charge in [0.25, 0.3) is 10.0 Å². The fourth-order valence-corrected chi connectivity index (χ4v) is 3.70. The number of hydrogen-bond acceptors (Lipinski definition) is 4. The minimum atomic E-state index is -3.87. The largest absolute Gasteiger partial charge is 0.495 e. The summed E-state index contributed by atoms with van der Waals surface area (Å²) in [7, 11) is -2.40. The molecular weight excluding hydrogens is 380 g/mol. The standard InChI is InChI=1S/C13H12BrClN2O3S/c1-8-3-4-11(20-2)10(5-8)17-21(18,19)12-6-9(14)7-16-13(12)15/h3-7,17H,1-2H3. The lowest BCUT2D eigenvalue weighted by Crippen LogP contribution is -2.14. The van der Waals surface area contributed by atoms with Crippen molar-refractivity contribution < 1.29 is 13.2 Å². The summed E-state index contributed by atoms with van der Waals surface area (Å²) < 4.78 is 33.0. The quantitative estimate of drug-likeness (QED) is 0.808. The highest BCUT2D eigenvalue weighted by molar-refractivity contribution is 9.10. The molecule has 21 heavy (non-hydrogen) atoms. The van der Waals surface area contributed by atoms with Crippen molar-refractivity contribution in [1.82, 2.24) is 4.98 Å². The molecule has 1 aromatic carbocycles. The van der Waals surface area contributed by atoms with Gasteiger partial charge in [-0.2, -0.15) is 0 Å². The van der Waals surface area contributed by atoms with Gasteiger partial charge >= 0.3 is 0 Å². The average molecular weight is 392 g/mol. The summed E-state index contributed by atoms with van der Waals surface area (Å²) in [6, 6.07) is 6.58. The maximum Gasteiger partial charge on any atom is 0.265 e. The zero-order valence-electron chi connectivity index (χ0n) is 11.2. The van der Waals surface area contributed by atoms with E-state index in [9.17, 15) is 8.42 Å². The van der Waals surface area contributed by atoms with Crippen LogP contribution in [-0.2, 0) is 10.0 Å². The number of halogens is 2. The molecule has 8 heteroatoms. The third-order valence-electron chi connectivity index (χ3n) is 2.66. The van der Waals surface area contributed by atoms with Crippen LogP contribution in [0.2, 0.25) is 5.15 Å². The van der Waals surface area contributed by atoms with Gasteiger partial charge in [-0.3, -0.25) is 4.72 Å². The van der Waals surface area contributed by atoms with Crippen molar-refractivity contribution in [3.8, 4) is 5.75 Å². The first-order chi connectivity index (χ1) is 9.83. The van der Waals surface area contributed by atoms with Crippen LogP contribution in [0.5, 0.6) is 5.75 Å². The summed E-state index contributed by atoms with van der Waals surface area (Å²) in [6.45, 7) is 1.85. The molecule has 0 aliphatic rings. The molecule has 0 amide bonds. The highest BCUT2D eigenvalue weighted by atomic mass is 79.9. The van der Waals surface area contributed by atoms with E-state index in [1.807, 2.05) is 13.0 Å². The van der Waals surface area contributed by atoms with E-state index in [1.165, 1.54) is 19.4 Å². The number of hydrogen-bond donors (Lipinski definition) is 1. The van der Waals surface area contributed by atoms with Crippen LogP contribution < -0.4 is 9.46 Å². The van der Waals surface area contributed by atoms with Crippen molar-refractivity contribution in [2.45, 2.75) is 11.8 Å². The molecule has 0 saturated heterocycles. The zero-order chi connectivity index (χ0) is 15.6.